The quantitative estimate of drug-likeness (QED) is 0.504. The zero-order valence-corrected chi connectivity index (χ0v) is 12.9. The van der Waals surface area contributed by atoms with Crippen LogP contribution in [0, 0.1) is 4.77 Å². The first-order valence-electron chi connectivity index (χ1n) is 6.11. The van der Waals surface area contributed by atoms with Crippen LogP contribution >= 0.6 is 23.6 Å². The molecule has 112 valence electrons. The number of methoxy groups -OCH3 is 1. The minimum atomic E-state index is -0.521. The lowest BCUT2D eigenvalue weighted by Gasteiger charge is -1.96. The summed E-state index contributed by atoms with van der Waals surface area (Å²) < 4.78 is 6.11. The maximum Gasteiger partial charge on any atom is 0.264 e. The molecule has 0 fully saturated rings. The summed E-state index contributed by atoms with van der Waals surface area (Å²) in [4.78, 5) is 25.0. The molecular weight excluding hydrogens is 324 g/mol. The van der Waals surface area contributed by atoms with Gasteiger partial charge in [-0.3, -0.25) is 9.78 Å². The molecule has 0 aliphatic heterocycles. The number of ether oxygens (including phenoxy) is 1. The van der Waals surface area contributed by atoms with Gasteiger partial charge in [-0.2, -0.15) is 0 Å². The predicted octanol–water partition coefficient (Wildman–Crippen LogP) is 2.51. The highest BCUT2D eigenvalue weighted by atomic mass is 32.1. The summed E-state index contributed by atoms with van der Waals surface area (Å²) in [5.41, 5.74) is 0.252. The van der Waals surface area contributed by atoms with Gasteiger partial charge in [-0.15, -0.1) is 0 Å². The zero-order chi connectivity index (χ0) is 15.7. The Balaban J connectivity index is 1.99. The zero-order valence-electron chi connectivity index (χ0n) is 11.3. The highest BCUT2D eigenvalue weighted by Gasteiger charge is 2.07. The minimum absolute atomic E-state index is 0.00885. The molecule has 7 nitrogen and oxygen atoms in total. The summed E-state index contributed by atoms with van der Waals surface area (Å²) in [5.74, 6) is 0.400. The number of H-pyrrole nitrogens is 2. The third-order valence-electron chi connectivity index (χ3n) is 2.85. The molecule has 1 aromatic carbocycles. The summed E-state index contributed by atoms with van der Waals surface area (Å²) in [6.45, 7) is 0. The van der Waals surface area contributed by atoms with Crippen molar-refractivity contribution in [2.24, 2.45) is 4.99 Å². The third-order valence-corrected chi connectivity index (χ3v) is 3.98. The van der Waals surface area contributed by atoms with Crippen molar-refractivity contribution in [3.8, 4) is 11.6 Å². The summed E-state index contributed by atoms with van der Waals surface area (Å²) >= 11 is 6.10. The van der Waals surface area contributed by atoms with Crippen molar-refractivity contribution in [1.82, 2.24) is 15.0 Å². The van der Waals surface area contributed by atoms with Gasteiger partial charge in [0, 0.05) is 6.21 Å². The van der Waals surface area contributed by atoms with Gasteiger partial charge in [-0.05, 0) is 30.4 Å². The Kier molecular flexibility index (Phi) is 3.73. The second-order valence-electron chi connectivity index (χ2n) is 4.26. The first kappa shape index (κ1) is 14.4. The predicted molar refractivity (Wildman–Crippen MR) is 87.3 cm³/mol. The molecule has 0 radical (unpaired) electrons. The number of aromatic hydroxyl groups is 1. The molecular formula is C13H10N4O3S2. The van der Waals surface area contributed by atoms with Crippen LogP contribution in [0.15, 0.2) is 28.0 Å². The van der Waals surface area contributed by atoms with Gasteiger partial charge in [0.15, 0.2) is 4.77 Å². The van der Waals surface area contributed by atoms with Gasteiger partial charge in [0.25, 0.3) is 5.56 Å². The number of aromatic nitrogens is 3. The lowest BCUT2D eigenvalue weighted by atomic mass is 10.3. The van der Waals surface area contributed by atoms with E-state index < -0.39 is 5.56 Å². The van der Waals surface area contributed by atoms with Gasteiger partial charge in [-0.25, -0.2) is 9.98 Å². The molecule has 0 saturated heterocycles. The van der Waals surface area contributed by atoms with Crippen molar-refractivity contribution in [3.63, 3.8) is 0 Å². The number of fused-ring (bicyclic) bond motifs is 1. The molecule has 0 bridgehead atoms. The smallest absolute Gasteiger partial charge is 0.264 e. The fourth-order valence-electron chi connectivity index (χ4n) is 1.80. The Morgan fingerprint density at radius 3 is 3.00 bits per heavy atom. The van der Waals surface area contributed by atoms with E-state index in [1.807, 2.05) is 18.2 Å². The van der Waals surface area contributed by atoms with E-state index in [2.05, 4.69) is 19.9 Å². The maximum atomic E-state index is 11.7. The monoisotopic (exact) mass is 334 g/mol. The van der Waals surface area contributed by atoms with Crippen molar-refractivity contribution in [1.29, 1.82) is 0 Å². The largest absolute Gasteiger partial charge is 0.497 e. The number of aromatic amines is 2. The van der Waals surface area contributed by atoms with Gasteiger partial charge < -0.3 is 14.8 Å². The van der Waals surface area contributed by atoms with Gasteiger partial charge in [0.1, 0.15) is 11.3 Å². The summed E-state index contributed by atoms with van der Waals surface area (Å²) in [7, 11) is 1.59. The van der Waals surface area contributed by atoms with Crippen LogP contribution in [0.1, 0.15) is 5.56 Å². The average Bonchev–Trinajstić information content (AvgIpc) is 2.87. The van der Waals surface area contributed by atoms with Crippen molar-refractivity contribution < 1.29 is 9.84 Å². The summed E-state index contributed by atoms with van der Waals surface area (Å²) in [5, 5.41) is 10.2. The number of hydrogen-bond acceptors (Lipinski definition) is 7. The average molecular weight is 334 g/mol. The Bertz CT molecular complexity index is 987. The van der Waals surface area contributed by atoms with Crippen LogP contribution < -0.4 is 10.3 Å². The molecule has 0 spiro atoms. The molecule has 0 atom stereocenters. The third kappa shape index (κ3) is 2.76. The maximum absolute atomic E-state index is 11.7. The number of nitrogens with zero attached hydrogens (tertiary/aromatic N) is 2. The number of benzene rings is 1. The van der Waals surface area contributed by atoms with E-state index in [4.69, 9.17) is 17.0 Å². The standard InChI is InChI=1S/C13H10N4O3S2/c1-20-6-2-3-8-9(4-6)22-13(15-8)14-5-7-10(18)16-12(21)17-11(7)19/h2-5H,1H3,(H3,16,17,18,19,21). The molecule has 9 heteroatoms. The molecule has 0 saturated carbocycles. The molecule has 0 aliphatic carbocycles. The Morgan fingerprint density at radius 1 is 1.45 bits per heavy atom. The molecule has 0 unspecified atom stereocenters. The van der Waals surface area contributed by atoms with Crippen LogP contribution in [0.5, 0.6) is 11.6 Å². The van der Waals surface area contributed by atoms with E-state index in [9.17, 15) is 9.90 Å². The van der Waals surface area contributed by atoms with E-state index in [-0.39, 0.29) is 16.2 Å². The fraction of sp³-hybridized carbons (Fsp3) is 0.0769. The van der Waals surface area contributed by atoms with E-state index in [0.29, 0.717) is 5.13 Å². The molecule has 0 amide bonds. The highest BCUT2D eigenvalue weighted by molar-refractivity contribution is 7.71. The topological polar surface area (TPSA) is 103 Å². The van der Waals surface area contributed by atoms with Gasteiger partial charge >= 0.3 is 0 Å². The van der Waals surface area contributed by atoms with Crippen LogP contribution in [-0.2, 0) is 0 Å². The number of thiazole rings is 1. The number of nitrogens with one attached hydrogen (secondary N) is 2. The Morgan fingerprint density at radius 2 is 2.27 bits per heavy atom. The SMILES string of the molecule is COc1ccc2nc(N=Cc3c(O)[nH]c(=S)[nH]c3=O)sc2c1. The Hall–Kier alpha value is -2.52. The van der Waals surface area contributed by atoms with Crippen LogP contribution in [0.4, 0.5) is 5.13 Å². The van der Waals surface area contributed by atoms with E-state index in [1.165, 1.54) is 17.6 Å². The molecule has 2 heterocycles. The van der Waals surface area contributed by atoms with Gasteiger partial charge in [0.05, 0.1) is 17.3 Å². The lowest BCUT2D eigenvalue weighted by molar-refractivity contribution is 0.415. The van der Waals surface area contributed by atoms with Gasteiger partial charge in [0.2, 0.25) is 11.0 Å². The van der Waals surface area contributed by atoms with Crippen molar-refractivity contribution in [2.75, 3.05) is 7.11 Å². The van der Waals surface area contributed by atoms with E-state index in [1.54, 1.807) is 7.11 Å². The first-order chi connectivity index (χ1) is 10.6. The summed E-state index contributed by atoms with van der Waals surface area (Å²) in [6.07, 6.45) is 1.24. The van der Waals surface area contributed by atoms with Crippen LogP contribution in [0.2, 0.25) is 0 Å². The second-order valence-corrected chi connectivity index (χ2v) is 5.68. The van der Waals surface area contributed by atoms with E-state index >= 15 is 0 Å². The number of aliphatic imine (C=N–C) groups is 1. The van der Waals surface area contributed by atoms with Crippen molar-refractivity contribution in [2.45, 2.75) is 0 Å². The number of hydrogen-bond donors (Lipinski definition) is 3. The van der Waals surface area contributed by atoms with Crippen molar-refractivity contribution >= 4 is 45.1 Å². The molecule has 3 aromatic rings. The molecule has 3 N–H and O–H groups in total. The number of rotatable bonds is 3. The highest BCUT2D eigenvalue weighted by Crippen LogP contribution is 2.30. The van der Waals surface area contributed by atoms with E-state index in [0.717, 1.165) is 16.0 Å². The lowest BCUT2D eigenvalue weighted by Crippen LogP contribution is -2.13. The van der Waals surface area contributed by atoms with Crippen molar-refractivity contribution in [3.05, 3.63) is 38.9 Å². The normalized spacial score (nSPS) is 11.3. The first-order valence-corrected chi connectivity index (χ1v) is 7.33. The van der Waals surface area contributed by atoms with Crippen LogP contribution in [-0.4, -0.2) is 33.4 Å². The summed E-state index contributed by atoms with van der Waals surface area (Å²) in [6, 6.07) is 5.49. The van der Waals surface area contributed by atoms with Gasteiger partial charge in [-0.1, -0.05) is 11.3 Å². The molecule has 0 aliphatic rings. The Labute approximate surface area is 133 Å². The van der Waals surface area contributed by atoms with Crippen LogP contribution in [0.25, 0.3) is 10.2 Å². The molecule has 2 aromatic heterocycles. The second kappa shape index (κ2) is 5.70. The molecule has 3 rings (SSSR count). The minimum Gasteiger partial charge on any atom is -0.497 e. The van der Waals surface area contributed by atoms with Crippen LogP contribution in [0.3, 0.4) is 0 Å². The molecule has 22 heavy (non-hydrogen) atoms. The fourth-order valence-corrected chi connectivity index (χ4v) is 2.83.